The zero-order valence-corrected chi connectivity index (χ0v) is 13.4. The zero-order valence-electron chi connectivity index (χ0n) is 13.4. The van der Waals surface area contributed by atoms with Gasteiger partial charge < -0.3 is 9.30 Å². The molecule has 0 bridgehead atoms. The summed E-state index contributed by atoms with van der Waals surface area (Å²) in [7, 11) is 0. The van der Waals surface area contributed by atoms with Crippen LogP contribution in [0.3, 0.4) is 0 Å². The third kappa shape index (κ3) is 2.65. The quantitative estimate of drug-likeness (QED) is 0.479. The van der Waals surface area contributed by atoms with Gasteiger partial charge in [0, 0.05) is 18.2 Å². The first-order valence-corrected chi connectivity index (χ1v) is 7.61. The van der Waals surface area contributed by atoms with Crippen molar-refractivity contribution in [2.75, 3.05) is 6.61 Å². The lowest BCUT2D eigenvalue weighted by molar-refractivity contribution is -0.383. The van der Waals surface area contributed by atoms with Gasteiger partial charge in [-0.2, -0.15) is 0 Å². The Morgan fingerprint density at radius 2 is 2.16 bits per heavy atom. The summed E-state index contributed by atoms with van der Waals surface area (Å²) in [6, 6.07) is -0.0746. The number of esters is 1. The summed E-state index contributed by atoms with van der Waals surface area (Å²) in [5.41, 5.74) is -2.24. The van der Waals surface area contributed by atoms with Crippen molar-refractivity contribution in [3.63, 3.8) is 0 Å². The summed E-state index contributed by atoms with van der Waals surface area (Å²) in [5.74, 6) is -1.84. The number of aromatic nitrogens is 1. The maximum atomic E-state index is 14.1. The number of hydrogen-bond donors (Lipinski definition) is 0. The lowest BCUT2D eigenvalue weighted by Crippen LogP contribution is -2.22. The van der Waals surface area contributed by atoms with Crippen LogP contribution in [-0.2, 0) is 4.74 Å². The van der Waals surface area contributed by atoms with E-state index in [4.69, 9.17) is 4.74 Å². The largest absolute Gasteiger partial charge is 0.462 e. The lowest BCUT2D eigenvalue weighted by Gasteiger charge is -2.15. The zero-order chi connectivity index (χ0) is 18.5. The minimum absolute atomic E-state index is 0.00395. The standard InChI is InChI=1S/C16H14F2N2O5/c1-3-25-16(22)8-6-19(11-5-10(11)18)14-7(2)9(17)4-12(20(23)24)13(14)15(8)21/h4,6,10-11H,3,5H2,1-2H3. The van der Waals surface area contributed by atoms with Gasteiger partial charge in [-0.05, 0) is 13.8 Å². The molecule has 0 N–H and O–H groups in total. The Hall–Kier alpha value is -2.84. The highest BCUT2D eigenvalue weighted by Crippen LogP contribution is 2.42. The highest BCUT2D eigenvalue weighted by molar-refractivity contribution is 5.98. The van der Waals surface area contributed by atoms with E-state index in [0.29, 0.717) is 6.07 Å². The van der Waals surface area contributed by atoms with Crippen molar-refractivity contribution in [1.82, 2.24) is 4.57 Å². The molecule has 0 saturated heterocycles. The van der Waals surface area contributed by atoms with Gasteiger partial charge in [0.05, 0.1) is 29.2 Å². The van der Waals surface area contributed by atoms with Gasteiger partial charge in [-0.15, -0.1) is 0 Å². The first-order chi connectivity index (χ1) is 11.8. The number of nitro groups is 1. The normalized spacial score (nSPS) is 19.0. The summed E-state index contributed by atoms with van der Waals surface area (Å²) in [6.45, 7) is 2.88. The Kier molecular flexibility index (Phi) is 4.02. The summed E-state index contributed by atoms with van der Waals surface area (Å²) in [5, 5.41) is 10.9. The van der Waals surface area contributed by atoms with Gasteiger partial charge >= 0.3 is 5.97 Å². The number of non-ortho nitro benzene ring substituents is 1. The fraction of sp³-hybridized carbons (Fsp3) is 0.375. The number of rotatable bonds is 4. The summed E-state index contributed by atoms with van der Waals surface area (Å²) in [4.78, 5) is 35.1. The van der Waals surface area contributed by atoms with E-state index < -0.39 is 51.0 Å². The number of nitrogens with zero attached hydrogens (tertiary/aromatic N) is 2. The minimum Gasteiger partial charge on any atom is -0.462 e. The number of nitro benzene ring substituents is 1. The highest BCUT2D eigenvalue weighted by Gasteiger charge is 2.41. The highest BCUT2D eigenvalue weighted by atomic mass is 19.1. The molecule has 1 aliphatic rings. The van der Waals surface area contributed by atoms with Crippen LogP contribution in [0.25, 0.3) is 10.9 Å². The monoisotopic (exact) mass is 352 g/mol. The molecular formula is C16H14F2N2O5. The fourth-order valence-electron chi connectivity index (χ4n) is 2.87. The average molecular weight is 352 g/mol. The number of carbonyl (C=O) groups is 1. The second-order valence-corrected chi connectivity index (χ2v) is 5.80. The SMILES string of the molecule is CCOC(=O)c1cn(C2CC2F)c2c(C)c(F)cc([N+](=O)[O-])c2c1=O. The molecule has 25 heavy (non-hydrogen) atoms. The van der Waals surface area contributed by atoms with Gasteiger partial charge in [-0.25, -0.2) is 13.6 Å². The number of carbonyl (C=O) groups excluding carboxylic acids is 1. The first-order valence-electron chi connectivity index (χ1n) is 7.61. The molecule has 2 unspecified atom stereocenters. The molecule has 1 aromatic carbocycles. The average Bonchev–Trinajstić information content (AvgIpc) is 3.27. The molecule has 132 valence electrons. The van der Waals surface area contributed by atoms with E-state index >= 15 is 0 Å². The van der Waals surface area contributed by atoms with Gasteiger partial charge in [0.15, 0.2) is 0 Å². The van der Waals surface area contributed by atoms with E-state index in [1.165, 1.54) is 18.4 Å². The van der Waals surface area contributed by atoms with Crippen molar-refractivity contribution in [3.8, 4) is 0 Å². The molecule has 3 rings (SSSR count). The van der Waals surface area contributed by atoms with Crippen molar-refractivity contribution < 1.29 is 23.2 Å². The Balaban J connectivity index is 2.47. The number of halogens is 2. The minimum atomic E-state index is -1.23. The number of ether oxygens (including phenoxy) is 1. The van der Waals surface area contributed by atoms with E-state index in [-0.39, 0.29) is 24.1 Å². The van der Waals surface area contributed by atoms with Crippen LogP contribution in [0.4, 0.5) is 14.5 Å². The van der Waals surface area contributed by atoms with Crippen LogP contribution in [0.15, 0.2) is 17.1 Å². The van der Waals surface area contributed by atoms with E-state index in [9.17, 15) is 28.5 Å². The summed E-state index contributed by atoms with van der Waals surface area (Å²) >= 11 is 0. The molecular weight excluding hydrogens is 338 g/mol. The Morgan fingerprint density at radius 1 is 1.52 bits per heavy atom. The van der Waals surface area contributed by atoms with Crippen LogP contribution in [0.5, 0.6) is 0 Å². The molecule has 1 aliphatic carbocycles. The van der Waals surface area contributed by atoms with Crippen molar-refractivity contribution in [3.05, 3.63) is 49.5 Å². The van der Waals surface area contributed by atoms with Gasteiger partial charge in [0.2, 0.25) is 5.43 Å². The van der Waals surface area contributed by atoms with Crippen LogP contribution < -0.4 is 5.43 Å². The van der Waals surface area contributed by atoms with Crippen molar-refractivity contribution in [1.29, 1.82) is 0 Å². The van der Waals surface area contributed by atoms with Crippen molar-refractivity contribution in [2.45, 2.75) is 32.5 Å². The third-order valence-electron chi connectivity index (χ3n) is 4.20. The number of hydrogen-bond acceptors (Lipinski definition) is 5. The lowest BCUT2D eigenvalue weighted by atomic mass is 10.0. The van der Waals surface area contributed by atoms with Crippen LogP contribution in [0, 0.1) is 22.9 Å². The number of benzene rings is 1. The molecule has 2 atom stereocenters. The topological polar surface area (TPSA) is 91.4 Å². The van der Waals surface area contributed by atoms with Gasteiger partial charge in [-0.1, -0.05) is 0 Å². The molecule has 0 spiro atoms. The molecule has 2 aromatic rings. The Morgan fingerprint density at radius 3 is 2.68 bits per heavy atom. The maximum Gasteiger partial charge on any atom is 0.343 e. The summed E-state index contributed by atoms with van der Waals surface area (Å²) in [6.07, 6.45) is -0.0185. The number of aryl methyl sites for hydroxylation is 1. The fourth-order valence-corrected chi connectivity index (χ4v) is 2.87. The second-order valence-electron chi connectivity index (χ2n) is 5.80. The number of alkyl halides is 1. The predicted octanol–water partition coefficient (Wildman–Crippen LogP) is 2.82. The van der Waals surface area contributed by atoms with Crippen molar-refractivity contribution in [2.24, 2.45) is 0 Å². The molecule has 1 saturated carbocycles. The van der Waals surface area contributed by atoms with E-state index in [1.54, 1.807) is 0 Å². The van der Waals surface area contributed by atoms with Crippen LogP contribution in [-0.4, -0.2) is 28.2 Å². The first kappa shape index (κ1) is 17.0. The van der Waals surface area contributed by atoms with E-state index in [2.05, 4.69) is 0 Å². The molecule has 0 radical (unpaired) electrons. The smallest absolute Gasteiger partial charge is 0.343 e. The molecule has 1 aromatic heterocycles. The van der Waals surface area contributed by atoms with Gasteiger partial charge in [0.1, 0.15) is 22.9 Å². The molecule has 1 fully saturated rings. The van der Waals surface area contributed by atoms with Crippen LogP contribution in [0.2, 0.25) is 0 Å². The van der Waals surface area contributed by atoms with Crippen LogP contribution in [0.1, 0.15) is 35.3 Å². The maximum absolute atomic E-state index is 14.1. The molecule has 1 heterocycles. The molecule has 7 nitrogen and oxygen atoms in total. The number of pyridine rings is 1. The Bertz CT molecular complexity index is 969. The molecule has 0 amide bonds. The number of fused-ring (bicyclic) bond motifs is 1. The molecule has 9 heteroatoms. The van der Waals surface area contributed by atoms with E-state index in [1.807, 2.05) is 0 Å². The van der Waals surface area contributed by atoms with Crippen LogP contribution >= 0.6 is 0 Å². The summed E-state index contributed by atoms with van der Waals surface area (Å²) < 4.78 is 33.8. The van der Waals surface area contributed by atoms with E-state index in [0.717, 1.165) is 6.20 Å². The predicted molar refractivity (Wildman–Crippen MR) is 84.1 cm³/mol. The van der Waals surface area contributed by atoms with Gasteiger partial charge in [0.25, 0.3) is 5.69 Å². The Labute approximate surface area is 140 Å². The molecule has 0 aliphatic heterocycles. The third-order valence-corrected chi connectivity index (χ3v) is 4.20. The van der Waals surface area contributed by atoms with Crippen molar-refractivity contribution >= 4 is 22.6 Å². The second kappa shape index (κ2) is 5.91. The van der Waals surface area contributed by atoms with Gasteiger partial charge in [-0.3, -0.25) is 14.9 Å².